The number of hydrogen-bond donors (Lipinski definition) is 1. The number of ether oxygens (including phenoxy) is 1. The number of hydrogen-bond acceptors (Lipinski definition) is 3. The second-order valence-corrected chi connectivity index (χ2v) is 6.36. The Labute approximate surface area is 130 Å². The number of carbonyl (C=O) groups excluding carboxylic acids is 1. The van der Waals surface area contributed by atoms with Crippen LogP contribution >= 0.6 is 0 Å². The van der Waals surface area contributed by atoms with Crippen LogP contribution in [0, 0.1) is 5.92 Å². The monoisotopic (exact) mass is 301 g/mol. The second kappa shape index (κ2) is 6.48. The van der Waals surface area contributed by atoms with E-state index in [1.807, 2.05) is 23.1 Å². The van der Waals surface area contributed by atoms with Gasteiger partial charge in [0.25, 0.3) is 5.91 Å². The quantitative estimate of drug-likeness (QED) is 0.944. The first-order valence-corrected chi connectivity index (χ1v) is 7.98. The molecule has 1 aliphatic rings. The van der Waals surface area contributed by atoms with Gasteiger partial charge in [-0.1, -0.05) is 26.0 Å². The number of aromatic amines is 1. The fourth-order valence-electron chi connectivity index (χ4n) is 2.87. The normalized spacial score (nSPS) is 16.6. The van der Waals surface area contributed by atoms with Crippen molar-refractivity contribution in [2.45, 2.75) is 32.8 Å². The Kier molecular flexibility index (Phi) is 4.43. The van der Waals surface area contributed by atoms with E-state index in [-0.39, 0.29) is 12.0 Å². The van der Waals surface area contributed by atoms with Crippen LogP contribution in [-0.2, 0) is 4.74 Å². The standard InChI is InChI=1S/C17H23N3O2/c1-12(2)11-22-14-6-8-20(9-7-14)17(21)15-5-3-4-13-10-18-19-16(13)15/h3-5,10,12,14H,6-9,11H2,1-2H3,(H,18,19). The average molecular weight is 301 g/mol. The number of rotatable bonds is 4. The smallest absolute Gasteiger partial charge is 0.256 e. The van der Waals surface area contributed by atoms with Crippen LogP contribution in [0.5, 0.6) is 0 Å². The maximum Gasteiger partial charge on any atom is 0.256 e. The van der Waals surface area contributed by atoms with Crippen LogP contribution in [0.1, 0.15) is 37.0 Å². The number of piperidine rings is 1. The van der Waals surface area contributed by atoms with E-state index in [0.29, 0.717) is 11.5 Å². The fourth-order valence-corrected chi connectivity index (χ4v) is 2.87. The van der Waals surface area contributed by atoms with Crippen molar-refractivity contribution < 1.29 is 9.53 Å². The van der Waals surface area contributed by atoms with Crippen molar-refractivity contribution in [2.24, 2.45) is 5.92 Å². The summed E-state index contributed by atoms with van der Waals surface area (Å²) in [5, 5.41) is 7.93. The maximum atomic E-state index is 12.7. The maximum absolute atomic E-state index is 12.7. The summed E-state index contributed by atoms with van der Waals surface area (Å²) in [5.74, 6) is 0.634. The highest BCUT2D eigenvalue weighted by Gasteiger charge is 2.25. The second-order valence-electron chi connectivity index (χ2n) is 6.36. The highest BCUT2D eigenvalue weighted by atomic mass is 16.5. The Bertz CT molecular complexity index is 642. The molecule has 0 aliphatic carbocycles. The van der Waals surface area contributed by atoms with Crippen molar-refractivity contribution in [3.05, 3.63) is 30.0 Å². The summed E-state index contributed by atoms with van der Waals surface area (Å²) in [6.07, 6.45) is 3.86. The van der Waals surface area contributed by atoms with Crippen LogP contribution < -0.4 is 0 Å². The van der Waals surface area contributed by atoms with Crippen LogP contribution in [0.4, 0.5) is 0 Å². The summed E-state index contributed by atoms with van der Waals surface area (Å²) in [4.78, 5) is 14.6. The van der Waals surface area contributed by atoms with Crippen molar-refractivity contribution in [3.63, 3.8) is 0 Å². The molecule has 2 aromatic rings. The van der Waals surface area contributed by atoms with Gasteiger partial charge in [0.2, 0.25) is 0 Å². The predicted molar refractivity (Wildman–Crippen MR) is 85.8 cm³/mol. The molecule has 0 bridgehead atoms. The van der Waals surface area contributed by atoms with E-state index >= 15 is 0 Å². The van der Waals surface area contributed by atoms with Gasteiger partial charge in [0.15, 0.2) is 0 Å². The summed E-state index contributed by atoms with van der Waals surface area (Å²) < 4.78 is 5.88. The average Bonchev–Trinajstić information content (AvgIpc) is 3.01. The van der Waals surface area contributed by atoms with Crippen molar-refractivity contribution in [1.82, 2.24) is 15.1 Å². The lowest BCUT2D eigenvalue weighted by molar-refractivity contribution is -0.00227. The summed E-state index contributed by atoms with van der Waals surface area (Å²) in [6, 6.07) is 5.73. The fraction of sp³-hybridized carbons (Fsp3) is 0.529. The minimum atomic E-state index is 0.0807. The van der Waals surface area contributed by atoms with E-state index in [2.05, 4.69) is 24.0 Å². The molecule has 5 nitrogen and oxygen atoms in total. The van der Waals surface area contributed by atoms with Gasteiger partial charge >= 0.3 is 0 Å². The van der Waals surface area contributed by atoms with Crippen molar-refractivity contribution >= 4 is 16.8 Å². The Balaban J connectivity index is 1.64. The zero-order chi connectivity index (χ0) is 15.5. The number of benzene rings is 1. The van der Waals surface area contributed by atoms with Crippen LogP contribution in [0.15, 0.2) is 24.4 Å². The lowest BCUT2D eigenvalue weighted by Gasteiger charge is -2.32. The summed E-state index contributed by atoms with van der Waals surface area (Å²) in [7, 11) is 0. The van der Waals surface area contributed by atoms with E-state index in [1.165, 1.54) is 0 Å². The number of aromatic nitrogens is 2. The Morgan fingerprint density at radius 2 is 2.18 bits per heavy atom. The Hall–Kier alpha value is -1.88. The largest absolute Gasteiger partial charge is 0.378 e. The number of fused-ring (bicyclic) bond motifs is 1. The van der Waals surface area contributed by atoms with Crippen molar-refractivity contribution in [2.75, 3.05) is 19.7 Å². The molecule has 22 heavy (non-hydrogen) atoms. The predicted octanol–water partition coefficient (Wildman–Crippen LogP) is 2.84. The first-order chi connectivity index (χ1) is 10.6. The van der Waals surface area contributed by atoms with Gasteiger partial charge in [-0.05, 0) is 24.8 Å². The molecule has 1 amide bonds. The van der Waals surface area contributed by atoms with Crippen LogP contribution in [0.25, 0.3) is 10.9 Å². The third-order valence-electron chi connectivity index (χ3n) is 4.10. The van der Waals surface area contributed by atoms with Gasteiger partial charge in [0.05, 0.1) is 23.4 Å². The van der Waals surface area contributed by atoms with Crippen LogP contribution in [0.2, 0.25) is 0 Å². The zero-order valence-electron chi connectivity index (χ0n) is 13.2. The molecule has 0 unspecified atom stereocenters. The summed E-state index contributed by atoms with van der Waals surface area (Å²) in [6.45, 7) is 6.62. The minimum Gasteiger partial charge on any atom is -0.378 e. The van der Waals surface area contributed by atoms with Gasteiger partial charge in [-0.3, -0.25) is 9.89 Å². The number of carbonyl (C=O) groups is 1. The van der Waals surface area contributed by atoms with Crippen molar-refractivity contribution in [3.8, 4) is 0 Å². The van der Waals surface area contributed by atoms with E-state index in [9.17, 15) is 4.79 Å². The molecule has 1 fully saturated rings. The molecule has 0 saturated carbocycles. The Morgan fingerprint density at radius 3 is 2.91 bits per heavy atom. The van der Waals surface area contributed by atoms with Gasteiger partial charge < -0.3 is 9.64 Å². The van der Waals surface area contributed by atoms with E-state index in [1.54, 1.807) is 6.20 Å². The minimum absolute atomic E-state index is 0.0807. The number of likely N-dealkylation sites (tertiary alicyclic amines) is 1. The molecule has 118 valence electrons. The van der Waals surface area contributed by atoms with Crippen LogP contribution in [-0.4, -0.2) is 46.8 Å². The molecular weight excluding hydrogens is 278 g/mol. The lowest BCUT2D eigenvalue weighted by atomic mass is 10.0. The first kappa shape index (κ1) is 15.0. The molecule has 0 atom stereocenters. The van der Waals surface area contributed by atoms with E-state index in [4.69, 9.17) is 4.74 Å². The highest BCUT2D eigenvalue weighted by molar-refractivity contribution is 6.05. The van der Waals surface area contributed by atoms with Gasteiger partial charge in [-0.2, -0.15) is 5.10 Å². The summed E-state index contributed by atoms with van der Waals surface area (Å²) >= 11 is 0. The molecule has 3 rings (SSSR count). The van der Waals surface area contributed by atoms with Crippen LogP contribution in [0.3, 0.4) is 0 Å². The molecule has 2 heterocycles. The molecule has 0 radical (unpaired) electrons. The third kappa shape index (κ3) is 3.14. The molecule has 0 spiro atoms. The lowest BCUT2D eigenvalue weighted by Crippen LogP contribution is -2.41. The van der Waals surface area contributed by atoms with Gasteiger partial charge in [-0.15, -0.1) is 0 Å². The molecule has 1 aromatic heterocycles. The van der Waals surface area contributed by atoms with Gasteiger partial charge in [0, 0.05) is 25.1 Å². The third-order valence-corrected chi connectivity index (χ3v) is 4.10. The van der Waals surface area contributed by atoms with Gasteiger partial charge in [-0.25, -0.2) is 0 Å². The zero-order valence-corrected chi connectivity index (χ0v) is 13.2. The number of nitrogens with one attached hydrogen (secondary N) is 1. The Morgan fingerprint density at radius 1 is 1.41 bits per heavy atom. The SMILES string of the molecule is CC(C)COC1CCN(C(=O)c2cccc3cn[nH]c23)CC1. The van der Waals surface area contributed by atoms with Gasteiger partial charge in [0.1, 0.15) is 0 Å². The van der Waals surface area contributed by atoms with Crippen molar-refractivity contribution in [1.29, 1.82) is 0 Å². The summed E-state index contributed by atoms with van der Waals surface area (Å²) in [5.41, 5.74) is 1.53. The topological polar surface area (TPSA) is 58.2 Å². The molecule has 1 aromatic carbocycles. The highest BCUT2D eigenvalue weighted by Crippen LogP contribution is 2.21. The molecule has 1 aliphatic heterocycles. The molecule has 5 heteroatoms. The molecular formula is C17H23N3O2. The molecule has 1 saturated heterocycles. The number of nitrogens with zero attached hydrogens (tertiary/aromatic N) is 2. The number of para-hydroxylation sites is 1. The number of H-pyrrole nitrogens is 1. The number of amides is 1. The first-order valence-electron chi connectivity index (χ1n) is 7.98. The van der Waals surface area contributed by atoms with E-state index < -0.39 is 0 Å². The van der Waals surface area contributed by atoms with E-state index in [0.717, 1.165) is 43.4 Å². The molecule has 1 N–H and O–H groups in total.